The van der Waals surface area contributed by atoms with E-state index >= 15 is 0 Å². The molecule has 4 N–H and O–H groups in total. The summed E-state index contributed by atoms with van der Waals surface area (Å²) in [5.41, 5.74) is -0.0715. The minimum absolute atomic E-state index is 0.0171. The summed E-state index contributed by atoms with van der Waals surface area (Å²) in [5.74, 6) is -0.564. The Kier molecular flexibility index (Phi) is 14.8. The third-order valence-electron chi connectivity index (χ3n) is 3.93. The second-order valence-electron chi connectivity index (χ2n) is 7.94. The number of carboxylic acids is 2. The quantitative estimate of drug-likeness (QED) is 0.233. The Bertz CT molecular complexity index is 800. The summed E-state index contributed by atoms with van der Waals surface area (Å²) in [4.78, 5) is 43.1. The van der Waals surface area contributed by atoms with Crippen molar-refractivity contribution in [2.24, 2.45) is 0 Å². The lowest BCUT2D eigenvalue weighted by Gasteiger charge is -2.21. The van der Waals surface area contributed by atoms with Gasteiger partial charge in [-0.2, -0.15) is 23.5 Å². The van der Waals surface area contributed by atoms with Crippen molar-refractivity contribution in [1.29, 1.82) is 0 Å². The lowest BCUT2D eigenvalue weighted by Crippen LogP contribution is -2.43. The summed E-state index contributed by atoms with van der Waals surface area (Å²) in [6.45, 7) is 5.18. The van der Waals surface area contributed by atoms with Gasteiger partial charge in [0, 0.05) is 17.8 Å². The third kappa shape index (κ3) is 14.5. The molecule has 0 heterocycles. The summed E-state index contributed by atoms with van der Waals surface area (Å²) >= 11 is 3.10. The number of carboxylic acid groups (broad SMARTS) is 2. The van der Waals surface area contributed by atoms with Gasteiger partial charge < -0.3 is 25.6 Å². The van der Waals surface area contributed by atoms with Gasteiger partial charge in [0.1, 0.15) is 17.7 Å². The van der Waals surface area contributed by atoms with Gasteiger partial charge in [0.2, 0.25) is 0 Å². The second-order valence-corrected chi connectivity index (χ2v) is 9.91. The average Bonchev–Trinajstić information content (AvgIpc) is 2.73. The Morgan fingerprint density at radius 3 is 1.85 bits per heavy atom. The molecule has 1 amide bonds. The van der Waals surface area contributed by atoms with Gasteiger partial charge in [0.05, 0.1) is 4.92 Å². The Morgan fingerprint density at radius 1 is 1.00 bits per heavy atom. The fourth-order valence-electron chi connectivity index (χ4n) is 2.32. The van der Waals surface area contributed by atoms with Crippen LogP contribution in [0.3, 0.4) is 0 Å². The first kappa shape index (κ1) is 31.3. The van der Waals surface area contributed by atoms with Crippen molar-refractivity contribution in [2.75, 3.05) is 29.3 Å². The molecule has 0 bridgehead atoms. The highest BCUT2D eigenvalue weighted by Gasteiger charge is 2.23. The van der Waals surface area contributed by atoms with E-state index in [-0.39, 0.29) is 5.69 Å². The van der Waals surface area contributed by atoms with Crippen molar-refractivity contribution in [3.63, 3.8) is 0 Å². The number of nitrogens with zero attached hydrogens (tertiary/aromatic N) is 1. The molecule has 1 unspecified atom stereocenters. The van der Waals surface area contributed by atoms with Crippen LogP contribution in [0.1, 0.15) is 33.6 Å². The average molecular weight is 520 g/mol. The first-order valence-corrected chi connectivity index (χ1v) is 13.0. The van der Waals surface area contributed by atoms with Gasteiger partial charge in [-0.1, -0.05) is 0 Å². The van der Waals surface area contributed by atoms with Crippen molar-refractivity contribution < 1.29 is 34.3 Å². The summed E-state index contributed by atoms with van der Waals surface area (Å²) in [7, 11) is 0. The van der Waals surface area contributed by atoms with Crippen molar-refractivity contribution in [2.45, 2.75) is 51.3 Å². The summed E-state index contributed by atoms with van der Waals surface area (Å²) in [5, 5.41) is 33.5. The van der Waals surface area contributed by atoms with Gasteiger partial charge in [-0.3, -0.25) is 10.1 Å². The van der Waals surface area contributed by atoms with Gasteiger partial charge in [-0.15, -0.1) is 0 Å². The van der Waals surface area contributed by atoms with E-state index in [1.54, 1.807) is 32.5 Å². The summed E-state index contributed by atoms with van der Waals surface area (Å²) in [6, 6.07) is 4.13. The molecular weight excluding hydrogens is 486 g/mol. The van der Waals surface area contributed by atoms with Crippen molar-refractivity contribution in [1.82, 2.24) is 5.32 Å². The van der Waals surface area contributed by atoms with Gasteiger partial charge in [-0.25, -0.2) is 14.4 Å². The number of aliphatic carboxylic acids is 2. The number of anilines is 1. The summed E-state index contributed by atoms with van der Waals surface area (Å²) in [6.07, 6.45) is 3.97. The molecule has 0 radical (unpaired) electrons. The number of thioether (sulfide) groups is 2. The number of non-ortho nitro benzene ring substituents is 1. The van der Waals surface area contributed by atoms with Crippen LogP contribution in [0.25, 0.3) is 0 Å². The number of hydrogen-bond donors (Lipinski definition) is 4. The molecule has 0 aliphatic carbocycles. The van der Waals surface area contributed by atoms with E-state index < -0.39 is 40.6 Å². The normalized spacial score (nSPS) is 12.4. The number of nitro groups is 1. The minimum Gasteiger partial charge on any atom is -0.480 e. The number of carbonyl (C=O) groups is 3. The molecule has 0 aliphatic rings. The molecule has 11 nitrogen and oxygen atoms in total. The van der Waals surface area contributed by atoms with Crippen LogP contribution >= 0.6 is 23.5 Å². The zero-order valence-corrected chi connectivity index (χ0v) is 21.5. The van der Waals surface area contributed by atoms with E-state index in [9.17, 15) is 24.5 Å². The zero-order chi connectivity index (χ0) is 26.3. The molecule has 0 fully saturated rings. The number of nitrogens with one attached hydrogen (secondary N) is 2. The monoisotopic (exact) mass is 519 g/mol. The maximum absolute atomic E-state index is 11.3. The fourth-order valence-corrected chi connectivity index (χ4v) is 3.26. The Morgan fingerprint density at radius 2 is 1.47 bits per heavy atom. The molecule has 0 saturated carbocycles. The SMILES string of the molecule is CSCCC(Nc1ccc([N+](=O)[O-])cc1)C(=O)O.CSCC[C@H](NC(=O)OC(C)(C)C)C(=O)O. The zero-order valence-electron chi connectivity index (χ0n) is 19.9. The van der Waals surface area contributed by atoms with E-state index in [0.717, 1.165) is 5.75 Å². The smallest absolute Gasteiger partial charge is 0.408 e. The molecule has 192 valence electrons. The summed E-state index contributed by atoms with van der Waals surface area (Å²) < 4.78 is 4.98. The van der Waals surface area contributed by atoms with E-state index in [4.69, 9.17) is 14.9 Å². The molecule has 13 heteroatoms. The molecule has 1 rings (SSSR count). The van der Waals surface area contributed by atoms with E-state index in [1.807, 2.05) is 12.5 Å². The highest BCUT2D eigenvalue weighted by atomic mass is 32.2. The predicted molar refractivity (Wildman–Crippen MR) is 135 cm³/mol. The standard InChI is InChI=1S/C11H14N2O4S.C10H19NO4S/c1-18-7-6-10(11(14)15)12-8-2-4-9(5-3-8)13(16)17;1-10(2,3)15-9(14)11-7(8(12)13)5-6-16-4/h2-5,10,12H,6-7H2,1H3,(H,14,15);7H,5-6H2,1-4H3,(H,11,14)(H,12,13)/t;7-/m.0/s1. The highest BCUT2D eigenvalue weighted by Crippen LogP contribution is 2.17. The number of rotatable bonds is 12. The molecule has 0 spiro atoms. The molecule has 2 atom stereocenters. The van der Waals surface area contributed by atoms with Gasteiger partial charge in [0.25, 0.3) is 5.69 Å². The topological polar surface area (TPSA) is 168 Å². The Labute approximate surface area is 207 Å². The van der Waals surface area contributed by atoms with Gasteiger partial charge in [-0.05, 0) is 69.8 Å². The van der Waals surface area contributed by atoms with Crippen molar-refractivity contribution in [3.05, 3.63) is 34.4 Å². The molecule has 1 aromatic rings. The van der Waals surface area contributed by atoms with Gasteiger partial charge in [0.15, 0.2) is 0 Å². The van der Waals surface area contributed by atoms with Crippen molar-refractivity contribution in [3.8, 4) is 0 Å². The number of ether oxygens (including phenoxy) is 1. The first-order valence-electron chi connectivity index (χ1n) is 10.2. The van der Waals surface area contributed by atoms with Crippen LogP contribution in [-0.2, 0) is 14.3 Å². The van der Waals surface area contributed by atoms with Crippen LogP contribution in [0.5, 0.6) is 0 Å². The molecular formula is C21H33N3O8S2. The minimum atomic E-state index is -1.04. The molecule has 1 aromatic carbocycles. The van der Waals surface area contributed by atoms with Gasteiger partial charge >= 0.3 is 18.0 Å². The molecule has 0 aliphatic heterocycles. The Balaban J connectivity index is 0.000000646. The molecule has 34 heavy (non-hydrogen) atoms. The number of alkyl carbamates (subject to hydrolysis) is 1. The van der Waals surface area contributed by atoms with Crippen LogP contribution in [-0.4, -0.2) is 74.9 Å². The third-order valence-corrected chi connectivity index (χ3v) is 5.22. The number of carbonyl (C=O) groups excluding carboxylic acids is 1. The van der Waals surface area contributed by atoms with E-state index in [1.165, 1.54) is 36.0 Å². The van der Waals surface area contributed by atoms with Crippen molar-refractivity contribution >= 4 is 52.9 Å². The largest absolute Gasteiger partial charge is 0.480 e. The molecule has 0 aromatic heterocycles. The number of nitro benzene ring substituents is 1. The second kappa shape index (κ2) is 16.0. The first-order chi connectivity index (χ1) is 15.8. The van der Waals surface area contributed by atoms with Crippen LogP contribution in [0.15, 0.2) is 24.3 Å². The Hall–Kier alpha value is -2.67. The number of hydrogen-bond acceptors (Lipinski definition) is 9. The van der Waals surface area contributed by atoms with Crippen LogP contribution in [0.4, 0.5) is 16.2 Å². The molecule has 0 saturated heterocycles. The van der Waals surface area contributed by atoms with E-state index in [2.05, 4.69) is 10.6 Å². The maximum atomic E-state index is 11.3. The van der Waals surface area contributed by atoms with Crippen LogP contribution in [0.2, 0.25) is 0 Å². The van der Waals surface area contributed by atoms with Crippen LogP contribution < -0.4 is 10.6 Å². The number of benzene rings is 1. The lowest BCUT2D eigenvalue weighted by molar-refractivity contribution is -0.384. The van der Waals surface area contributed by atoms with Crippen LogP contribution in [0, 0.1) is 10.1 Å². The predicted octanol–water partition coefficient (Wildman–Crippen LogP) is 3.93. The number of amides is 1. The highest BCUT2D eigenvalue weighted by molar-refractivity contribution is 7.98. The van der Waals surface area contributed by atoms with E-state index in [0.29, 0.717) is 24.3 Å². The lowest BCUT2D eigenvalue weighted by atomic mass is 10.2. The fraction of sp³-hybridized carbons (Fsp3) is 0.571. The maximum Gasteiger partial charge on any atom is 0.408 e.